The van der Waals surface area contributed by atoms with E-state index in [2.05, 4.69) is 22.2 Å². The first kappa shape index (κ1) is 69.8. The number of ketones is 2. The van der Waals surface area contributed by atoms with Crippen LogP contribution < -0.4 is 11.1 Å². The zero-order chi connectivity index (χ0) is 60.8. The average molecular weight is 1170 g/mol. The second-order valence-corrected chi connectivity index (χ2v) is 24.2. The molecule has 4 heterocycles. The lowest BCUT2D eigenvalue weighted by molar-refractivity contribution is -0.265. The number of ether oxygens (including phenoxy) is 8. The van der Waals surface area contributed by atoms with Crippen molar-refractivity contribution in [3.63, 3.8) is 0 Å². The van der Waals surface area contributed by atoms with E-state index in [9.17, 15) is 39.3 Å². The molecule has 4 fully saturated rings. The maximum Gasteiger partial charge on any atom is 0.407 e. The van der Waals surface area contributed by atoms with Crippen LogP contribution in [0.15, 0.2) is 47.6 Å². The number of hydrogen-bond donors (Lipinski definition) is 5. The van der Waals surface area contributed by atoms with Gasteiger partial charge in [-0.2, -0.15) is 0 Å². The Morgan fingerprint density at radius 1 is 0.807 bits per heavy atom. The Labute approximate surface area is 493 Å². The molecule has 1 saturated carbocycles. The van der Waals surface area contributed by atoms with E-state index >= 15 is 0 Å². The number of nitrogens with zero attached hydrogens (tertiary/aromatic N) is 3. The summed E-state index contributed by atoms with van der Waals surface area (Å²) in [6.07, 6.45) is 8.29. The van der Waals surface area contributed by atoms with Crippen LogP contribution in [0.4, 0.5) is 4.79 Å². The fourth-order valence-electron chi connectivity index (χ4n) is 12.1. The fraction of sp³-hybridized carbons (Fsp3) is 0.790. The van der Waals surface area contributed by atoms with Crippen LogP contribution in [0.3, 0.4) is 0 Å². The molecule has 5 rings (SSSR count). The molecule has 0 aromatic carbocycles. The number of fused-ring (bicyclic) bond motifs is 3. The number of rotatable bonds is 16. The molecule has 3 saturated heterocycles. The van der Waals surface area contributed by atoms with E-state index in [0.717, 1.165) is 38.3 Å². The van der Waals surface area contributed by atoms with Gasteiger partial charge in [-0.25, -0.2) is 9.59 Å². The van der Waals surface area contributed by atoms with Gasteiger partial charge in [-0.05, 0) is 108 Å². The topological polar surface area (TPSA) is 268 Å². The van der Waals surface area contributed by atoms with Gasteiger partial charge in [0.1, 0.15) is 30.5 Å². The van der Waals surface area contributed by atoms with Crippen molar-refractivity contribution >= 4 is 29.5 Å². The van der Waals surface area contributed by atoms with E-state index in [0.29, 0.717) is 89.6 Å². The molecule has 2 bridgehead atoms. The van der Waals surface area contributed by atoms with E-state index in [1.807, 2.05) is 51.2 Å². The molecule has 21 nitrogen and oxygen atoms in total. The first-order chi connectivity index (χ1) is 39.6. The molecule has 21 heteroatoms. The number of cyclic esters (lactones) is 1. The van der Waals surface area contributed by atoms with Gasteiger partial charge in [0.25, 0.3) is 11.7 Å². The van der Waals surface area contributed by atoms with Crippen molar-refractivity contribution in [1.29, 1.82) is 0 Å². The van der Waals surface area contributed by atoms with Crippen molar-refractivity contribution < 1.29 is 77.2 Å². The zero-order valence-corrected chi connectivity index (χ0v) is 51.5. The van der Waals surface area contributed by atoms with Crippen molar-refractivity contribution in [2.45, 2.75) is 185 Å². The van der Waals surface area contributed by atoms with E-state index in [1.165, 1.54) is 12.0 Å². The lowest BCUT2D eigenvalue weighted by atomic mass is 9.80. The number of piperazine rings is 1. The number of esters is 1. The number of hydrogen-bond acceptors (Lipinski definition) is 19. The van der Waals surface area contributed by atoms with Crippen LogP contribution in [0.1, 0.15) is 119 Å². The summed E-state index contributed by atoms with van der Waals surface area (Å²) >= 11 is 0. The number of likely N-dealkylation sites (N-methyl/N-ethyl adjacent to an activating group) is 1. The van der Waals surface area contributed by atoms with Crippen LogP contribution in [0.25, 0.3) is 0 Å². The molecule has 4 aliphatic heterocycles. The Morgan fingerprint density at radius 3 is 2.23 bits per heavy atom. The third kappa shape index (κ3) is 21.2. The van der Waals surface area contributed by atoms with Gasteiger partial charge >= 0.3 is 12.1 Å². The number of carbonyl (C=O) groups is 5. The number of methoxy groups -OCH3 is 3. The third-order valence-electron chi connectivity index (χ3n) is 17.7. The number of amides is 2. The normalized spacial score (nSPS) is 36.6. The van der Waals surface area contributed by atoms with Crippen molar-refractivity contribution in [3.8, 4) is 0 Å². The molecule has 5 aliphatic rings. The van der Waals surface area contributed by atoms with Crippen molar-refractivity contribution in [2.24, 2.45) is 35.3 Å². The predicted molar refractivity (Wildman–Crippen MR) is 313 cm³/mol. The standard InChI is InChI=1S/C62H103N5O16/c1-40-16-12-11-13-17-41(2)52(76-8)38-47-21-19-45(6)62(75,83-47)58(71)59(72)67-24-15-14-18-49(67)60(73)81-53(39-50(68)42(3)35-44(5)56(70)57(78-10)55(69)43(4)34-40)48(63)36-46-20-22-51(54(37-46)77-9)82-61(74)64-23-30-79-32-33-80-31-29-66-27-25-65(7)26-28-66/h11-13,16-17,35,40,42-43,45-54,56-57,68,70,75H,14-15,18-34,36-39,63H2,1-10H3,(H,64,74)/b13-11+,16-12+,41-17+,44-35+/t40-,42-,43-,45-,46+,47+,48-,49+,50-,51-,52+,53+,54-,56-,57+,62-/m1/s1. The van der Waals surface area contributed by atoms with Crippen LogP contribution >= 0.6 is 0 Å². The van der Waals surface area contributed by atoms with Gasteiger partial charge < -0.3 is 74.1 Å². The molecule has 0 unspecified atom stereocenters. The summed E-state index contributed by atoms with van der Waals surface area (Å²) < 4.78 is 47.1. The van der Waals surface area contributed by atoms with Gasteiger partial charge in [-0.15, -0.1) is 0 Å². The number of aliphatic hydroxyl groups is 3. The third-order valence-corrected chi connectivity index (χ3v) is 17.7. The molecule has 1 aliphatic carbocycles. The summed E-state index contributed by atoms with van der Waals surface area (Å²) in [6.45, 7) is 18.0. The number of nitrogens with one attached hydrogen (secondary N) is 1. The number of alkyl carbamates (subject to hydrolysis) is 1. The molecule has 6 N–H and O–H groups in total. The Hall–Kier alpha value is -3.97. The second kappa shape index (κ2) is 35.0. The molecule has 0 spiro atoms. The van der Waals surface area contributed by atoms with Crippen molar-refractivity contribution in [1.82, 2.24) is 20.0 Å². The van der Waals surface area contributed by atoms with E-state index < -0.39 is 108 Å². The minimum Gasteiger partial charge on any atom is -0.459 e. The number of carbonyl (C=O) groups excluding carboxylic acids is 5. The molecule has 2 amide bonds. The monoisotopic (exact) mass is 1170 g/mol. The highest BCUT2D eigenvalue weighted by Crippen LogP contribution is 2.38. The number of piperidine rings is 1. The summed E-state index contributed by atoms with van der Waals surface area (Å²) in [5.41, 5.74) is 8.31. The number of aliphatic hydroxyl groups excluding tert-OH is 2. The Morgan fingerprint density at radius 2 is 1.53 bits per heavy atom. The van der Waals surface area contributed by atoms with Gasteiger partial charge in [0.05, 0.1) is 50.8 Å². The predicted octanol–water partition coefficient (Wildman–Crippen LogP) is 4.68. The first-order valence-corrected chi connectivity index (χ1v) is 30.5. The zero-order valence-electron chi connectivity index (χ0n) is 51.5. The summed E-state index contributed by atoms with van der Waals surface area (Å²) in [5, 5.41) is 38.3. The van der Waals surface area contributed by atoms with Crippen LogP contribution in [0, 0.1) is 29.6 Å². The lowest BCUT2D eigenvalue weighted by Crippen LogP contribution is -2.61. The van der Waals surface area contributed by atoms with Gasteiger partial charge in [-0.1, -0.05) is 64.2 Å². The molecule has 472 valence electrons. The maximum absolute atomic E-state index is 14.6. The smallest absolute Gasteiger partial charge is 0.407 e. The fourth-order valence-corrected chi connectivity index (χ4v) is 12.1. The van der Waals surface area contributed by atoms with Crippen LogP contribution in [0.5, 0.6) is 0 Å². The lowest BCUT2D eigenvalue weighted by Gasteiger charge is -2.42. The van der Waals surface area contributed by atoms with E-state index in [4.69, 9.17) is 43.6 Å². The minimum absolute atomic E-state index is 0.000382. The van der Waals surface area contributed by atoms with Crippen molar-refractivity contribution in [3.05, 3.63) is 47.6 Å². The summed E-state index contributed by atoms with van der Waals surface area (Å²) in [7, 11) is 6.63. The Kier molecular flexibility index (Phi) is 29.4. The summed E-state index contributed by atoms with van der Waals surface area (Å²) in [6, 6.07) is -2.06. The van der Waals surface area contributed by atoms with Gasteiger partial charge in [0, 0.05) is 104 Å². The highest BCUT2D eigenvalue weighted by atomic mass is 16.6. The number of allylic oxidation sites excluding steroid dienone is 5. The largest absolute Gasteiger partial charge is 0.459 e. The maximum atomic E-state index is 14.6. The van der Waals surface area contributed by atoms with Crippen molar-refractivity contribution in [2.75, 3.05) is 101 Å². The number of nitrogens with two attached hydrogens (primary N) is 1. The average Bonchev–Trinajstić information content (AvgIpc) is 3.54. The molecule has 16 atom stereocenters. The summed E-state index contributed by atoms with van der Waals surface area (Å²) in [4.78, 5) is 76.1. The molecule has 0 radical (unpaired) electrons. The van der Waals surface area contributed by atoms with E-state index in [-0.39, 0.29) is 50.2 Å². The van der Waals surface area contributed by atoms with Crippen LogP contribution in [-0.2, 0) is 57.1 Å². The highest BCUT2D eigenvalue weighted by molar-refractivity contribution is 6.39. The van der Waals surface area contributed by atoms with Gasteiger partial charge in [0.2, 0.25) is 5.79 Å². The van der Waals surface area contributed by atoms with Gasteiger partial charge in [0.15, 0.2) is 5.78 Å². The SMILES string of the molecule is CO[C@H]1C[C@@H]2CC[C@@H](C)[C@@](O)(O2)C(=O)C(=O)N2CCCC[C@H]2C(=O)O[C@H]([C@H](N)C[C@@H]2CC[C@@H](OC(=O)NCCOCCOCCN3CCN(C)CC3)[C@H](OC)C2)C[C@@H](O)[C@H](C)/C=C(\C)[C@@H](O)[C@@H](OC)C(=O)[C@H](C)C[C@H](C)/C=C/C=C/C=C/1C. The minimum atomic E-state index is -2.47. The molecule has 83 heavy (non-hydrogen) atoms. The Balaban J connectivity index is 1.30. The highest BCUT2D eigenvalue weighted by Gasteiger charge is 2.53. The quantitative estimate of drug-likeness (QED) is 0.0608. The number of Topliss-reactive ketones (excluding diaryl/α,β-unsaturated/α-hetero) is 2. The summed E-state index contributed by atoms with van der Waals surface area (Å²) in [5.74, 6) is -7.71. The second-order valence-electron chi connectivity index (χ2n) is 24.2. The first-order valence-electron chi connectivity index (χ1n) is 30.5. The molecular weight excluding hydrogens is 1070 g/mol. The van der Waals surface area contributed by atoms with Gasteiger partial charge in [-0.3, -0.25) is 19.3 Å². The molecule has 0 aromatic heterocycles. The molecule has 0 aromatic rings. The van der Waals surface area contributed by atoms with Crippen LogP contribution in [-0.4, -0.2) is 227 Å². The molecular formula is C62H103N5O16. The van der Waals surface area contributed by atoms with Crippen LogP contribution in [0.2, 0.25) is 0 Å². The van der Waals surface area contributed by atoms with E-state index in [1.54, 1.807) is 41.1 Å². The Bertz CT molecular complexity index is 2170.